The lowest BCUT2D eigenvalue weighted by atomic mass is 9.85. The smallest absolute Gasteiger partial charge is 0.144 e. The third kappa shape index (κ3) is 3.57. The molecular formula is C19H26N2OS. The van der Waals surface area contributed by atoms with E-state index in [1.807, 2.05) is 28.9 Å². The first-order chi connectivity index (χ1) is 10.8. The quantitative estimate of drug-likeness (QED) is 0.788. The summed E-state index contributed by atoms with van der Waals surface area (Å²) >= 11 is 2.10. The standard InChI is InChI=1S/C19H26N2OS/c1-18(2)12-14(13-19(3,4)23-18)15-10-11-21(20-15)16-8-6-7-9-17(16)22-5/h6-11,14H,12-13H2,1-5H3. The normalized spacial score (nSPS) is 20.4. The van der Waals surface area contributed by atoms with E-state index >= 15 is 0 Å². The largest absolute Gasteiger partial charge is 0.494 e. The Morgan fingerprint density at radius 2 is 1.74 bits per heavy atom. The molecule has 0 bridgehead atoms. The monoisotopic (exact) mass is 330 g/mol. The van der Waals surface area contributed by atoms with Crippen LogP contribution in [0.5, 0.6) is 5.75 Å². The number of hydrogen-bond donors (Lipinski definition) is 0. The fourth-order valence-corrected chi connectivity index (χ4v) is 5.87. The van der Waals surface area contributed by atoms with Gasteiger partial charge < -0.3 is 4.74 Å². The zero-order valence-electron chi connectivity index (χ0n) is 14.7. The Labute approximate surface area is 143 Å². The lowest BCUT2D eigenvalue weighted by Gasteiger charge is -2.44. The van der Waals surface area contributed by atoms with E-state index < -0.39 is 0 Å². The highest BCUT2D eigenvalue weighted by Crippen LogP contribution is 2.52. The number of hydrogen-bond acceptors (Lipinski definition) is 3. The highest BCUT2D eigenvalue weighted by molar-refractivity contribution is 8.01. The summed E-state index contributed by atoms with van der Waals surface area (Å²) in [6, 6.07) is 10.2. The second kappa shape index (κ2) is 5.90. The summed E-state index contributed by atoms with van der Waals surface area (Å²) in [6.07, 6.45) is 4.39. The van der Waals surface area contributed by atoms with Gasteiger partial charge in [0, 0.05) is 21.6 Å². The van der Waals surface area contributed by atoms with Crippen LogP contribution < -0.4 is 4.74 Å². The fraction of sp³-hybridized carbons (Fsp3) is 0.526. The Morgan fingerprint density at radius 1 is 1.09 bits per heavy atom. The summed E-state index contributed by atoms with van der Waals surface area (Å²) in [6.45, 7) is 9.40. The molecule has 0 atom stereocenters. The molecule has 1 fully saturated rings. The summed E-state index contributed by atoms with van der Waals surface area (Å²) in [7, 11) is 1.70. The van der Waals surface area contributed by atoms with Crippen molar-refractivity contribution >= 4 is 11.8 Å². The highest BCUT2D eigenvalue weighted by Gasteiger charge is 2.40. The second-order valence-electron chi connectivity index (χ2n) is 7.58. The van der Waals surface area contributed by atoms with E-state index in [9.17, 15) is 0 Å². The highest BCUT2D eigenvalue weighted by atomic mass is 32.2. The van der Waals surface area contributed by atoms with E-state index in [0.717, 1.165) is 11.4 Å². The second-order valence-corrected chi connectivity index (χ2v) is 10.00. The van der Waals surface area contributed by atoms with Gasteiger partial charge in [0.2, 0.25) is 0 Å². The third-order valence-corrected chi connectivity index (χ3v) is 5.83. The molecule has 0 radical (unpaired) electrons. The third-order valence-electron chi connectivity index (χ3n) is 4.39. The van der Waals surface area contributed by atoms with Crippen molar-refractivity contribution in [2.75, 3.05) is 7.11 Å². The van der Waals surface area contributed by atoms with Gasteiger partial charge >= 0.3 is 0 Å². The van der Waals surface area contributed by atoms with Gasteiger partial charge in [0.15, 0.2) is 0 Å². The molecular weight excluding hydrogens is 304 g/mol. The molecule has 1 aromatic carbocycles. The van der Waals surface area contributed by atoms with E-state index in [1.165, 1.54) is 18.5 Å². The Kier molecular flexibility index (Phi) is 4.21. The zero-order valence-corrected chi connectivity index (χ0v) is 15.5. The van der Waals surface area contributed by atoms with Gasteiger partial charge in [-0.1, -0.05) is 39.8 Å². The average molecular weight is 330 g/mol. The topological polar surface area (TPSA) is 27.1 Å². The molecule has 1 aliphatic rings. The summed E-state index contributed by atoms with van der Waals surface area (Å²) in [5.41, 5.74) is 2.18. The minimum atomic E-state index is 0.292. The molecule has 0 saturated carbocycles. The van der Waals surface area contributed by atoms with Crippen LogP contribution in [0.3, 0.4) is 0 Å². The number of methoxy groups -OCH3 is 1. The molecule has 0 aliphatic carbocycles. The van der Waals surface area contributed by atoms with Crippen LogP contribution >= 0.6 is 11.8 Å². The lowest BCUT2D eigenvalue weighted by Crippen LogP contribution is -2.35. The first-order valence-corrected chi connectivity index (χ1v) is 9.00. The van der Waals surface area contributed by atoms with E-state index in [-0.39, 0.29) is 0 Å². The van der Waals surface area contributed by atoms with Gasteiger partial charge in [-0.15, -0.1) is 11.8 Å². The number of para-hydroxylation sites is 2. The molecule has 2 heterocycles. The van der Waals surface area contributed by atoms with Crippen LogP contribution in [0.25, 0.3) is 5.69 Å². The van der Waals surface area contributed by atoms with E-state index in [1.54, 1.807) is 7.11 Å². The van der Waals surface area contributed by atoms with Crippen molar-refractivity contribution in [3.8, 4) is 11.4 Å². The number of nitrogens with zero attached hydrogens (tertiary/aromatic N) is 2. The molecule has 0 N–H and O–H groups in total. The van der Waals surface area contributed by atoms with E-state index in [0.29, 0.717) is 15.4 Å². The van der Waals surface area contributed by atoms with Crippen LogP contribution in [0.15, 0.2) is 36.5 Å². The number of thioether (sulfide) groups is 1. The number of ether oxygens (including phenoxy) is 1. The van der Waals surface area contributed by atoms with Crippen molar-refractivity contribution in [2.45, 2.75) is 55.9 Å². The van der Waals surface area contributed by atoms with Gasteiger partial charge in [-0.25, -0.2) is 4.68 Å². The number of aromatic nitrogens is 2. The van der Waals surface area contributed by atoms with Gasteiger partial charge in [0.1, 0.15) is 11.4 Å². The maximum Gasteiger partial charge on any atom is 0.144 e. The van der Waals surface area contributed by atoms with Crippen LogP contribution in [-0.4, -0.2) is 26.4 Å². The molecule has 23 heavy (non-hydrogen) atoms. The molecule has 1 saturated heterocycles. The molecule has 1 aromatic heterocycles. The molecule has 1 aliphatic heterocycles. The van der Waals surface area contributed by atoms with Crippen LogP contribution in [0.4, 0.5) is 0 Å². The van der Waals surface area contributed by atoms with Crippen molar-refractivity contribution in [1.29, 1.82) is 0 Å². The van der Waals surface area contributed by atoms with Crippen LogP contribution in [0.2, 0.25) is 0 Å². The van der Waals surface area contributed by atoms with Crippen molar-refractivity contribution in [3.63, 3.8) is 0 Å². The molecule has 4 heteroatoms. The van der Waals surface area contributed by atoms with Crippen LogP contribution in [-0.2, 0) is 0 Å². The average Bonchev–Trinajstić information content (AvgIpc) is 2.93. The zero-order chi connectivity index (χ0) is 16.7. The summed E-state index contributed by atoms with van der Waals surface area (Å²) in [5.74, 6) is 1.36. The Balaban J connectivity index is 1.90. The summed E-state index contributed by atoms with van der Waals surface area (Å²) < 4.78 is 7.98. The minimum Gasteiger partial charge on any atom is -0.494 e. The molecule has 0 spiro atoms. The first-order valence-electron chi connectivity index (χ1n) is 8.19. The maximum absolute atomic E-state index is 5.46. The minimum absolute atomic E-state index is 0.292. The van der Waals surface area contributed by atoms with Crippen LogP contribution in [0.1, 0.15) is 52.1 Å². The molecule has 2 aromatic rings. The predicted molar refractivity (Wildman–Crippen MR) is 97.8 cm³/mol. The van der Waals surface area contributed by atoms with Crippen molar-refractivity contribution < 1.29 is 4.74 Å². The molecule has 0 unspecified atom stereocenters. The van der Waals surface area contributed by atoms with Crippen molar-refractivity contribution in [3.05, 3.63) is 42.2 Å². The van der Waals surface area contributed by atoms with E-state index in [4.69, 9.17) is 9.84 Å². The molecule has 3 rings (SSSR count). The molecule has 0 amide bonds. The first kappa shape index (κ1) is 16.4. The molecule has 124 valence electrons. The molecule has 3 nitrogen and oxygen atoms in total. The number of benzene rings is 1. The van der Waals surface area contributed by atoms with E-state index in [2.05, 4.69) is 51.7 Å². The van der Waals surface area contributed by atoms with Gasteiger partial charge in [-0.05, 0) is 31.0 Å². The number of rotatable bonds is 3. The van der Waals surface area contributed by atoms with Crippen LogP contribution in [0, 0.1) is 0 Å². The van der Waals surface area contributed by atoms with Crippen molar-refractivity contribution in [1.82, 2.24) is 9.78 Å². The van der Waals surface area contributed by atoms with Crippen molar-refractivity contribution in [2.24, 2.45) is 0 Å². The SMILES string of the molecule is COc1ccccc1-n1ccc(C2CC(C)(C)SC(C)(C)C2)n1. The maximum atomic E-state index is 5.46. The van der Waals surface area contributed by atoms with Gasteiger partial charge in [0.25, 0.3) is 0 Å². The Hall–Kier alpha value is -1.42. The Morgan fingerprint density at radius 3 is 2.39 bits per heavy atom. The van der Waals surface area contributed by atoms with Gasteiger partial charge in [0.05, 0.1) is 12.8 Å². The van der Waals surface area contributed by atoms with Gasteiger partial charge in [-0.2, -0.15) is 5.10 Å². The summed E-state index contributed by atoms with van der Waals surface area (Å²) in [5, 5.41) is 4.87. The fourth-order valence-electron chi connectivity index (χ4n) is 3.81. The Bertz CT molecular complexity index is 674. The predicted octanol–water partition coefficient (Wildman–Crippen LogP) is 5.05. The van der Waals surface area contributed by atoms with Gasteiger partial charge in [-0.3, -0.25) is 0 Å². The summed E-state index contributed by atoms with van der Waals surface area (Å²) in [4.78, 5) is 0. The lowest BCUT2D eigenvalue weighted by molar-refractivity contribution is 0.409.